The third-order valence-corrected chi connectivity index (χ3v) is 7.60. The lowest BCUT2D eigenvalue weighted by Crippen LogP contribution is -2.58. The zero-order valence-electron chi connectivity index (χ0n) is 23.1. The molecule has 2 aromatic carbocycles. The Balaban J connectivity index is 1.23. The molecule has 8 heteroatoms. The summed E-state index contributed by atoms with van der Waals surface area (Å²) in [6.07, 6.45) is 8.01. The van der Waals surface area contributed by atoms with Gasteiger partial charge in [0.25, 0.3) is 0 Å². The second kappa shape index (κ2) is 12.9. The largest absolute Gasteiger partial charge is 0.491 e. The molecule has 0 spiro atoms. The van der Waals surface area contributed by atoms with Gasteiger partial charge in [-0.2, -0.15) is 0 Å². The first-order valence-corrected chi connectivity index (χ1v) is 14.2. The van der Waals surface area contributed by atoms with Gasteiger partial charge in [-0.25, -0.2) is 0 Å². The highest BCUT2D eigenvalue weighted by atomic mass is 16.5. The molecule has 1 atom stereocenters. The minimum absolute atomic E-state index is 0.0856. The highest BCUT2D eigenvalue weighted by molar-refractivity contribution is 5.83. The summed E-state index contributed by atoms with van der Waals surface area (Å²) in [5.41, 5.74) is 6.59. The Kier molecular flexibility index (Phi) is 8.49. The van der Waals surface area contributed by atoms with Crippen LogP contribution in [0.1, 0.15) is 16.7 Å². The number of pyridine rings is 2. The summed E-state index contributed by atoms with van der Waals surface area (Å²) in [5, 5.41) is 3.44. The van der Waals surface area contributed by atoms with Crippen LogP contribution in [0.2, 0.25) is 0 Å². The number of aromatic nitrogens is 2. The maximum atomic E-state index is 13.8. The fourth-order valence-electron chi connectivity index (χ4n) is 5.52. The highest BCUT2D eigenvalue weighted by Crippen LogP contribution is 2.29. The Labute approximate surface area is 241 Å². The van der Waals surface area contributed by atoms with Gasteiger partial charge >= 0.3 is 0 Å². The topological polar surface area (TPSA) is 79.8 Å². The number of rotatable bonds is 3. The summed E-state index contributed by atoms with van der Waals surface area (Å²) in [4.78, 5) is 26.5. The third-order valence-electron chi connectivity index (χ3n) is 7.60. The van der Waals surface area contributed by atoms with Crippen molar-refractivity contribution in [3.8, 4) is 16.9 Å². The number of amides is 1. The van der Waals surface area contributed by atoms with E-state index in [0.717, 1.165) is 53.2 Å². The summed E-state index contributed by atoms with van der Waals surface area (Å²) in [7, 11) is 0. The maximum Gasteiger partial charge on any atom is 0.241 e. The zero-order chi connectivity index (χ0) is 27.9. The van der Waals surface area contributed by atoms with Crippen LogP contribution < -0.4 is 15.0 Å². The second-order valence-corrected chi connectivity index (χ2v) is 10.4. The standard InChI is InChI=1S/C33H35N5O3/c39-33(31-24-37(13-12-36-31)30-7-3-11-35-22-30)38-14-15-40-16-17-41-32-9-8-27(28-6-2-10-34-21-28)20-29(32)19-25-4-1-5-26(18-25)23-38/h1-11,18,20-22,31,36H,12-17,19,23-24H2. The van der Waals surface area contributed by atoms with Crippen molar-refractivity contribution in [1.82, 2.24) is 20.2 Å². The van der Waals surface area contributed by atoms with Crippen LogP contribution in [0.5, 0.6) is 5.75 Å². The molecule has 210 valence electrons. The number of nitrogens with zero attached hydrogens (tertiary/aromatic N) is 4. The number of nitrogens with one attached hydrogen (secondary N) is 1. The van der Waals surface area contributed by atoms with E-state index >= 15 is 0 Å². The lowest BCUT2D eigenvalue weighted by molar-refractivity contribution is -0.135. The maximum absolute atomic E-state index is 13.8. The highest BCUT2D eigenvalue weighted by Gasteiger charge is 2.29. The van der Waals surface area contributed by atoms with Crippen LogP contribution in [0.4, 0.5) is 5.69 Å². The first-order chi connectivity index (χ1) is 20.2. The molecule has 0 radical (unpaired) electrons. The van der Waals surface area contributed by atoms with Crippen molar-refractivity contribution in [2.75, 3.05) is 50.9 Å². The van der Waals surface area contributed by atoms with E-state index in [0.29, 0.717) is 39.5 Å². The van der Waals surface area contributed by atoms with Crippen molar-refractivity contribution in [3.63, 3.8) is 0 Å². The minimum atomic E-state index is -0.299. The Morgan fingerprint density at radius 1 is 0.854 bits per heavy atom. The van der Waals surface area contributed by atoms with E-state index in [-0.39, 0.29) is 11.9 Å². The van der Waals surface area contributed by atoms with Gasteiger partial charge in [0, 0.05) is 63.3 Å². The Morgan fingerprint density at radius 2 is 1.73 bits per heavy atom. The Morgan fingerprint density at radius 3 is 2.59 bits per heavy atom. The summed E-state index contributed by atoms with van der Waals surface area (Å²) in [6.45, 7) is 4.56. The zero-order valence-corrected chi connectivity index (χ0v) is 23.1. The molecule has 4 heterocycles. The van der Waals surface area contributed by atoms with Crippen molar-refractivity contribution < 1.29 is 14.3 Å². The fraction of sp³-hybridized carbons (Fsp3) is 0.303. The Bertz CT molecular complexity index is 1450. The van der Waals surface area contributed by atoms with Gasteiger partial charge in [-0.1, -0.05) is 36.4 Å². The van der Waals surface area contributed by atoms with Crippen LogP contribution in [0.3, 0.4) is 0 Å². The first kappa shape index (κ1) is 26.9. The third kappa shape index (κ3) is 6.73. The molecule has 8 nitrogen and oxygen atoms in total. The van der Waals surface area contributed by atoms with Crippen LogP contribution in [0, 0.1) is 0 Å². The van der Waals surface area contributed by atoms with Crippen LogP contribution in [0.25, 0.3) is 11.1 Å². The van der Waals surface area contributed by atoms with E-state index in [1.165, 1.54) is 5.56 Å². The van der Waals surface area contributed by atoms with E-state index in [1.54, 1.807) is 12.4 Å². The predicted molar refractivity (Wildman–Crippen MR) is 159 cm³/mol. The van der Waals surface area contributed by atoms with Crippen LogP contribution in [0.15, 0.2) is 91.5 Å². The molecule has 1 fully saturated rings. The van der Waals surface area contributed by atoms with Gasteiger partial charge in [0.15, 0.2) is 0 Å². The van der Waals surface area contributed by atoms with Crippen molar-refractivity contribution in [2.45, 2.75) is 19.0 Å². The molecule has 2 bridgehead atoms. The van der Waals surface area contributed by atoms with Crippen LogP contribution in [-0.2, 0) is 22.5 Å². The molecule has 2 aromatic heterocycles. The number of hydrogen-bond acceptors (Lipinski definition) is 7. The molecule has 1 unspecified atom stereocenters. The number of ether oxygens (including phenoxy) is 2. The average Bonchev–Trinajstić information content (AvgIpc) is 3.03. The van der Waals surface area contributed by atoms with Crippen molar-refractivity contribution in [3.05, 3.63) is 108 Å². The Hall–Kier alpha value is -4.27. The van der Waals surface area contributed by atoms with Gasteiger partial charge in [-0.05, 0) is 52.6 Å². The van der Waals surface area contributed by atoms with E-state index in [1.807, 2.05) is 41.6 Å². The number of carbonyl (C=O) groups excluding carboxylic acids is 1. The monoisotopic (exact) mass is 549 g/mol. The van der Waals surface area contributed by atoms with Crippen molar-refractivity contribution in [2.24, 2.45) is 0 Å². The summed E-state index contributed by atoms with van der Waals surface area (Å²) in [5.74, 6) is 0.949. The smallest absolute Gasteiger partial charge is 0.241 e. The molecule has 0 aliphatic carbocycles. The molecule has 0 saturated carbocycles. The van der Waals surface area contributed by atoms with Crippen molar-refractivity contribution in [1.29, 1.82) is 0 Å². The van der Waals surface area contributed by atoms with Gasteiger partial charge in [-0.15, -0.1) is 0 Å². The van der Waals surface area contributed by atoms with Gasteiger partial charge in [-0.3, -0.25) is 14.8 Å². The molecule has 1 saturated heterocycles. The quantitative estimate of drug-likeness (QED) is 0.415. The minimum Gasteiger partial charge on any atom is -0.491 e. The molecule has 6 rings (SSSR count). The normalized spacial score (nSPS) is 18.1. The van der Waals surface area contributed by atoms with Gasteiger partial charge < -0.3 is 24.6 Å². The summed E-state index contributed by atoms with van der Waals surface area (Å²) in [6, 6.07) is 22.5. The molecule has 4 aromatic rings. The lowest BCUT2D eigenvalue weighted by atomic mass is 9.98. The molecule has 2 aliphatic rings. The van der Waals surface area contributed by atoms with E-state index < -0.39 is 0 Å². The fourth-order valence-corrected chi connectivity index (χ4v) is 5.52. The summed E-state index contributed by atoms with van der Waals surface area (Å²) >= 11 is 0. The SMILES string of the molecule is O=C(C1CN(c2cccnc2)CCN1)N1CCOCCOc2ccc(-c3cccnc3)cc2Cc2cccc(c2)C1. The number of benzene rings is 2. The van der Waals surface area contributed by atoms with Gasteiger partial charge in [0.2, 0.25) is 5.91 Å². The molecule has 1 N–H and O–H groups in total. The number of carbonyl (C=O) groups is 1. The number of piperazine rings is 1. The van der Waals surface area contributed by atoms with Crippen molar-refractivity contribution >= 4 is 11.6 Å². The second-order valence-electron chi connectivity index (χ2n) is 10.4. The average molecular weight is 550 g/mol. The first-order valence-electron chi connectivity index (χ1n) is 14.2. The van der Waals surface area contributed by atoms with Crippen LogP contribution in [-0.4, -0.2) is 72.8 Å². The summed E-state index contributed by atoms with van der Waals surface area (Å²) < 4.78 is 12.1. The molecule has 41 heavy (non-hydrogen) atoms. The number of anilines is 1. The van der Waals surface area contributed by atoms with Gasteiger partial charge in [0.1, 0.15) is 18.4 Å². The predicted octanol–water partition coefficient (Wildman–Crippen LogP) is 3.95. The number of fused-ring (bicyclic) bond motifs is 3. The number of hydrogen-bond donors (Lipinski definition) is 1. The van der Waals surface area contributed by atoms with E-state index in [9.17, 15) is 4.79 Å². The lowest BCUT2D eigenvalue weighted by Gasteiger charge is -2.37. The molecule has 2 aliphatic heterocycles. The molecule has 1 amide bonds. The molecular weight excluding hydrogens is 514 g/mol. The van der Waals surface area contributed by atoms with Gasteiger partial charge in [0.05, 0.1) is 25.1 Å². The van der Waals surface area contributed by atoms with E-state index in [4.69, 9.17) is 9.47 Å². The van der Waals surface area contributed by atoms with Crippen LogP contribution >= 0.6 is 0 Å². The molecular formula is C33H35N5O3. The van der Waals surface area contributed by atoms with E-state index in [2.05, 4.69) is 62.6 Å².